The minimum atomic E-state index is -3.58. The number of aromatic nitrogens is 1. The fraction of sp³-hybridized carbons (Fsp3) is 0.318. The molecule has 0 unspecified atom stereocenters. The van der Waals surface area contributed by atoms with Crippen LogP contribution in [0.5, 0.6) is 0 Å². The van der Waals surface area contributed by atoms with Crippen LogP contribution < -0.4 is 4.90 Å². The zero-order valence-electron chi connectivity index (χ0n) is 16.8. The molecular weight excluding hydrogens is 438 g/mol. The molecule has 0 amide bonds. The van der Waals surface area contributed by atoms with Crippen molar-refractivity contribution in [3.05, 3.63) is 75.8 Å². The van der Waals surface area contributed by atoms with E-state index in [-0.39, 0.29) is 9.92 Å². The van der Waals surface area contributed by atoms with E-state index in [2.05, 4.69) is 41.5 Å². The summed E-state index contributed by atoms with van der Waals surface area (Å²) in [6.45, 7) is 4.21. The predicted molar refractivity (Wildman–Crippen MR) is 123 cm³/mol. The molecule has 0 saturated carbocycles. The summed E-state index contributed by atoms with van der Waals surface area (Å²) in [4.78, 5) is 7.12. The second-order valence-corrected chi connectivity index (χ2v) is 10.4. The molecule has 1 saturated heterocycles. The summed E-state index contributed by atoms with van der Waals surface area (Å²) in [5, 5.41) is 3.30. The average Bonchev–Trinajstić information content (AvgIpc) is 3.23. The summed E-state index contributed by atoms with van der Waals surface area (Å²) in [6.07, 6.45) is 1.85. The first-order valence-electron chi connectivity index (χ1n) is 9.99. The lowest BCUT2D eigenvalue weighted by Gasteiger charge is -2.33. The maximum Gasteiger partial charge on any atom is 0.244 e. The van der Waals surface area contributed by atoms with Gasteiger partial charge >= 0.3 is 0 Å². The lowest BCUT2D eigenvalue weighted by molar-refractivity contribution is 0.384. The molecule has 2 aromatic carbocycles. The van der Waals surface area contributed by atoms with Crippen LogP contribution in [0.4, 0.5) is 5.13 Å². The highest BCUT2D eigenvalue weighted by atomic mass is 35.5. The van der Waals surface area contributed by atoms with Gasteiger partial charge in [0.25, 0.3) is 0 Å². The van der Waals surface area contributed by atoms with Crippen molar-refractivity contribution in [3.63, 3.8) is 0 Å². The number of sulfonamides is 1. The van der Waals surface area contributed by atoms with Gasteiger partial charge in [-0.25, -0.2) is 13.4 Å². The van der Waals surface area contributed by atoms with E-state index in [4.69, 9.17) is 16.6 Å². The highest BCUT2D eigenvalue weighted by molar-refractivity contribution is 7.89. The number of hydrogen-bond donors (Lipinski definition) is 0. The standard InChI is InChI=1S/C22H24ClN3O2S2/c1-2-17-7-9-18(10-8-17)15-19-16-29-22(24-19)25-11-13-26(14-12-25)30(27,28)21-6-4-3-5-20(21)23/h3-10,16H,2,11-15H2,1H3. The monoisotopic (exact) mass is 461 g/mol. The summed E-state index contributed by atoms with van der Waals surface area (Å²) in [5.41, 5.74) is 3.63. The molecule has 1 aliphatic heterocycles. The summed E-state index contributed by atoms with van der Waals surface area (Å²) >= 11 is 7.73. The molecule has 3 aromatic rings. The molecule has 0 N–H and O–H groups in total. The molecule has 0 spiro atoms. The zero-order chi connectivity index (χ0) is 21.1. The number of halogens is 1. The van der Waals surface area contributed by atoms with Crippen LogP contribution in [0.3, 0.4) is 0 Å². The van der Waals surface area contributed by atoms with E-state index in [1.165, 1.54) is 15.4 Å². The van der Waals surface area contributed by atoms with Gasteiger partial charge in [0, 0.05) is 38.0 Å². The van der Waals surface area contributed by atoms with Gasteiger partial charge < -0.3 is 4.90 Å². The van der Waals surface area contributed by atoms with Crippen LogP contribution in [-0.2, 0) is 22.9 Å². The van der Waals surface area contributed by atoms with Crippen molar-refractivity contribution in [1.82, 2.24) is 9.29 Å². The van der Waals surface area contributed by atoms with Crippen molar-refractivity contribution < 1.29 is 8.42 Å². The van der Waals surface area contributed by atoms with Gasteiger partial charge in [-0.3, -0.25) is 0 Å². The predicted octanol–water partition coefficient (Wildman–Crippen LogP) is 4.46. The van der Waals surface area contributed by atoms with E-state index >= 15 is 0 Å². The molecule has 0 bridgehead atoms. The zero-order valence-corrected chi connectivity index (χ0v) is 19.2. The largest absolute Gasteiger partial charge is 0.345 e. The normalized spacial score (nSPS) is 15.5. The first-order valence-corrected chi connectivity index (χ1v) is 12.7. The molecule has 30 heavy (non-hydrogen) atoms. The van der Waals surface area contributed by atoms with Crippen LogP contribution in [0, 0.1) is 0 Å². The van der Waals surface area contributed by atoms with Crippen LogP contribution in [0.1, 0.15) is 23.7 Å². The van der Waals surface area contributed by atoms with Crippen molar-refractivity contribution in [3.8, 4) is 0 Å². The minimum absolute atomic E-state index is 0.172. The topological polar surface area (TPSA) is 53.5 Å². The highest BCUT2D eigenvalue weighted by Crippen LogP contribution is 2.27. The third-order valence-corrected chi connectivity index (χ3v) is 8.67. The number of nitrogens with zero attached hydrogens (tertiary/aromatic N) is 3. The Balaban J connectivity index is 1.39. The van der Waals surface area contributed by atoms with Crippen molar-refractivity contribution in [1.29, 1.82) is 0 Å². The molecular formula is C22H24ClN3O2S2. The summed E-state index contributed by atoms with van der Waals surface area (Å²) in [5.74, 6) is 0. The first-order chi connectivity index (χ1) is 14.5. The van der Waals surface area contributed by atoms with E-state index in [0.29, 0.717) is 26.2 Å². The van der Waals surface area contributed by atoms with E-state index in [1.807, 2.05) is 0 Å². The van der Waals surface area contributed by atoms with E-state index in [9.17, 15) is 8.42 Å². The van der Waals surface area contributed by atoms with Crippen LogP contribution >= 0.6 is 22.9 Å². The lowest BCUT2D eigenvalue weighted by atomic mass is 10.1. The molecule has 1 aliphatic rings. The Morgan fingerprint density at radius 1 is 1.00 bits per heavy atom. The van der Waals surface area contributed by atoms with Crippen molar-refractivity contribution in [2.45, 2.75) is 24.7 Å². The second-order valence-electron chi connectivity index (χ2n) is 7.29. The van der Waals surface area contributed by atoms with Crippen molar-refractivity contribution in [2.24, 2.45) is 0 Å². The Hall–Kier alpha value is -1.93. The number of hydrogen-bond acceptors (Lipinski definition) is 5. The minimum Gasteiger partial charge on any atom is -0.345 e. The summed E-state index contributed by atoms with van der Waals surface area (Å²) in [7, 11) is -3.58. The fourth-order valence-electron chi connectivity index (χ4n) is 3.54. The number of thiazole rings is 1. The molecule has 4 rings (SSSR count). The number of benzene rings is 2. The van der Waals surface area contributed by atoms with Crippen molar-refractivity contribution in [2.75, 3.05) is 31.1 Å². The Kier molecular flexibility index (Phi) is 6.43. The quantitative estimate of drug-likeness (QED) is 0.543. The van der Waals surface area contributed by atoms with Gasteiger partial charge in [-0.05, 0) is 29.7 Å². The van der Waals surface area contributed by atoms with E-state index < -0.39 is 10.0 Å². The smallest absolute Gasteiger partial charge is 0.244 e. The Morgan fingerprint density at radius 2 is 1.67 bits per heavy atom. The molecule has 0 atom stereocenters. The van der Waals surface area contributed by atoms with Gasteiger partial charge in [0.2, 0.25) is 10.0 Å². The van der Waals surface area contributed by atoms with Gasteiger partial charge in [-0.15, -0.1) is 11.3 Å². The Bertz CT molecular complexity index is 1110. The van der Waals surface area contributed by atoms with E-state index in [1.54, 1.807) is 35.6 Å². The average molecular weight is 462 g/mol. The van der Waals surface area contributed by atoms with Gasteiger partial charge in [0.1, 0.15) is 4.90 Å². The van der Waals surface area contributed by atoms with Crippen LogP contribution in [-0.4, -0.2) is 43.9 Å². The maximum absolute atomic E-state index is 12.9. The SMILES string of the molecule is CCc1ccc(Cc2csc(N3CCN(S(=O)(=O)c4ccccc4Cl)CC3)n2)cc1. The van der Waals surface area contributed by atoms with Gasteiger partial charge in [0.15, 0.2) is 5.13 Å². The van der Waals surface area contributed by atoms with Gasteiger partial charge in [-0.1, -0.05) is 54.9 Å². The molecule has 1 fully saturated rings. The highest BCUT2D eigenvalue weighted by Gasteiger charge is 2.30. The van der Waals surface area contributed by atoms with E-state index in [0.717, 1.165) is 23.7 Å². The molecule has 158 valence electrons. The van der Waals surface area contributed by atoms with Crippen LogP contribution in [0.2, 0.25) is 5.02 Å². The number of anilines is 1. The molecule has 8 heteroatoms. The van der Waals surface area contributed by atoms with Crippen LogP contribution in [0.25, 0.3) is 0 Å². The summed E-state index contributed by atoms with van der Waals surface area (Å²) < 4.78 is 27.3. The third-order valence-electron chi connectivity index (χ3n) is 5.32. The third kappa shape index (κ3) is 4.54. The molecule has 0 radical (unpaired) electrons. The Morgan fingerprint density at radius 3 is 2.33 bits per heavy atom. The Labute approximate surface area is 187 Å². The number of piperazine rings is 1. The number of aryl methyl sites for hydroxylation is 1. The second kappa shape index (κ2) is 9.06. The van der Waals surface area contributed by atoms with Gasteiger partial charge in [0.05, 0.1) is 10.7 Å². The summed E-state index contributed by atoms with van der Waals surface area (Å²) in [6, 6.07) is 15.3. The van der Waals surface area contributed by atoms with Crippen molar-refractivity contribution >= 4 is 38.1 Å². The molecule has 5 nitrogen and oxygen atoms in total. The maximum atomic E-state index is 12.9. The first kappa shape index (κ1) is 21.3. The van der Waals surface area contributed by atoms with Crippen LogP contribution in [0.15, 0.2) is 58.8 Å². The van der Waals surface area contributed by atoms with Gasteiger partial charge in [-0.2, -0.15) is 4.31 Å². The molecule has 0 aliphatic carbocycles. The number of rotatable bonds is 6. The fourth-order valence-corrected chi connectivity index (χ4v) is 6.33. The molecule has 2 heterocycles. The molecule has 1 aromatic heterocycles. The lowest BCUT2D eigenvalue weighted by Crippen LogP contribution is -2.48.